The highest BCUT2D eigenvalue weighted by atomic mass is 35.5. The number of nitrogens with one attached hydrogen (secondary N) is 1. The van der Waals surface area contributed by atoms with Crippen molar-refractivity contribution in [2.24, 2.45) is 0 Å². The van der Waals surface area contributed by atoms with Gasteiger partial charge in [-0.25, -0.2) is 0 Å². The van der Waals surface area contributed by atoms with E-state index in [1.165, 1.54) is 11.8 Å². The molecule has 0 radical (unpaired) electrons. The molecule has 1 atom stereocenters. The summed E-state index contributed by atoms with van der Waals surface area (Å²) < 4.78 is 5.66. The lowest BCUT2D eigenvalue weighted by Crippen LogP contribution is -3.00. The Morgan fingerprint density at radius 2 is 2.14 bits per heavy atom. The molecule has 1 N–H and O–H groups in total. The van der Waals surface area contributed by atoms with Gasteiger partial charge in [-0.15, -0.1) is 10.2 Å². The van der Waals surface area contributed by atoms with Gasteiger partial charge >= 0.3 is 0 Å². The highest BCUT2D eigenvalue weighted by Crippen LogP contribution is 2.29. The first-order valence-electron chi connectivity index (χ1n) is 6.36. The summed E-state index contributed by atoms with van der Waals surface area (Å²) in [5, 5.41) is 13.2. The molecule has 4 nitrogen and oxygen atoms in total. The molecule has 114 valence electrons. The Balaban J connectivity index is 0.00000161. The summed E-state index contributed by atoms with van der Waals surface area (Å²) in [5.41, 5.74) is 1.07. The summed E-state index contributed by atoms with van der Waals surface area (Å²) in [6.45, 7) is 1.01. The predicted molar refractivity (Wildman–Crippen MR) is 80.3 cm³/mol. The van der Waals surface area contributed by atoms with Gasteiger partial charge in [0.15, 0.2) is 0 Å². The van der Waals surface area contributed by atoms with Gasteiger partial charge in [-0.1, -0.05) is 41.0 Å². The number of thioether (sulfide) groups is 1. The summed E-state index contributed by atoms with van der Waals surface area (Å²) in [6.07, 6.45) is 2.21. The zero-order valence-corrected chi connectivity index (χ0v) is 14.1. The lowest BCUT2D eigenvalue weighted by molar-refractivity contribution is -0.00000451. The predicted octanol–water partition coefficient (Wildman–Crippen LogP) is 1.10. The maximum atomic E-state index is 5.98. The molecule has 0 aliphatic carbocycles. The SMILES string of the molecule is Clc1ccc(CSc2nnc([C@@H]3CCCN3)o2)cc1Cl.[Cl-]. The number of nitrogens with zero attached hydrogens (tertiary/aromatic N) is 2. The van der Waals surface area contributed by atoms with Crippen LogP contribution in [-0.2, 0) is 5.75 Å². The minimum Gasteiger partial charge on any atom is -1.00 e. The molecule has 1 aromatic carbocycles. The van der Waals surface area contributed by atoms with E-state index in [9.17, 15) is 0 Å². The van der Waals surface area contributed by atoms with Crippen LogP contribution in [0.2, 0.25) is 10.0 Å². The Kier molecular flexibility index (Phi) is 6.20. The summed E-state index contributed by atoms with van der Waals surface area (Å²) in [6, 6.07) is 5.80. The van der Waals surface area contributed by atoms with Crippen molar-refractivity contribution in [3.05, 3.63) is 39.7 Å². The van der Waals surface area contributed by atoms with Crippen LogP contribution in [0.15, 0.2) is 27.8 Å². The van der Waals surface area contributed by atoms with Gasteiger partial charge in [-0.05, 0) is 37.1 Å². The van der Waals surface area contributed by atoms with Crippen LogP contribution in [0.4, 0.5) is 0 Å². The minimum absolute atomic E-state index is 0. The number of benzene rings is 1. The first kappa shape index (κ1) is 16.9. The van der Waals surface area contributed by atoms with Crippen molar-refractivity contribution in [2.75, 3.05) is 6.54 Å². The van der Waals surface area contributed by atoms with E-state index in [4.69, 9.17) is 27.6 Å². The van der Waals surface area contributed by atoms with Crippen molar-refractivity contribution in [3.63, 3.8) is 0 Å². The van der Waals surface area contributed by atoms with Crippen molar-refractivity contribution in [1.29, 1.82) is 0 Å². The van der Waals surface area contributed by atoms with Crippen LogP contribution in [0, 0.1) is 0 Å². The molecule has 0 bridgehead atoms. The van der Waals surface area contributed by atoms with Gasteiger partial charge in [0, 0.05) is 5.75 Å². The summed E-state index contributed by atoms with van der Waals surface area (Å²) >= 11 is 13.4. The lowest BCUT2D eigenvalue weighted by Gasteiger charge is -2.02. The third-order valence-corrected chi connectivity index (χ3v) is 4.76. The molecule has 2 heterocycles. The fourth-order valence-corrected chi connectivity index (χ4v) is 3.12. The van der Waals surface area contributed by atoms with Crippen molar-refractivity contribution in [1.82, 2.24) is 15.5 Å². The van der Waals surface area contributed by atoms with Gasteiger partial charge in [-0.2, -0.15) is 0 Å². The quantitative estimate of drug-likeness (QED) is 0.822. The monoisotopic (exact) mass is 364 g/mol. The lowest BCUT2D eigenvalue weighted by atomic mass is 10.2. The molecule has 8 heteroatoms. The molecule has 0 saturated carbocycles. The van der Waals surface area contributed by atoms with Gasteiger partial charge in [-0.3, -0.25) is 0 Å². The smallest absolute Gasteiger partial charge is 0.276 e. The third-order valence-electron chi connectivity index (χ3n) is 3.13. The molecule has 1 aromatic heterocycles. The zero-order chi connectivity index (χ0) is 13.9. The number of hydrogen-bond acceptors (Lipinski definition) is 5. The van der Waals surface area contributed by atoms with Crippen LogP contribution < -0.4 is 17.7 Å². The standard InChI is InChI=1S/C13H13Cl2N3OS.ClH/c14-9-4-3-8(6-10(9)15)7-20-13-18-17-12(19-13)11-2-1-5-16-11;/h3-4,6,11,16H,1-2,5,7H2;1H/p-1/t11-;/m0./s1. The van der Waals surface area contributed by atoms with Gasteiger partial charge in [0.1, 0.15) is 0 Å². The molecule has 1 fully saturated rings. The fraction of sp³-hybridized carbons (Fsp3) is 0.385. The van der Waals surface area contributed by atoms with E-state index in [-0.39, 0.29) is 18.4 Å². The largest absolute Gasteiger partial charge is 1.00 e. The van der Waals surface area contributed by atoms with E-state index in [1.54, 1.807) is 6.07 Å². The molecular weight excluding hydrogens is 353 g/mol. The van der Waals surface area contributed by atoms with Crippen molar-refractivity contribution in [3.8, 4) is 0 Å². The molecule has 2 aromatic rings. The molecule has 0 spiro atoms. The minimum atomic E-state index is 0. The van der Waals surface area contributed by atoms with Crippen LogP contribution in [0.25, 0.3) is 0 Å². The average Bonchev–Trinajstić information content (AvgIpc) is 3.09. The highest BCUT2D eigenvalue weighted by molar-refractivity contribution is 7.98. The van der Waals surface area contributed by atoms with Crippen LogP contribution in [-0.4, -0.2) is 16.7 Å². The van der Waals surface area contributed by atoms with E-state index in [2.05, 4.69) is 15.5 Å². The van der Waals surface area contributed by atoms with Crippen molar-refractivity contribution >= 4 is 35.0 Å². The third kappa shape index (κ3) is 4.27. The first-order valence-corrected chi connectivity index (χ1v) is 8.10. The molecule has 3 rings (SSSR count). The summed E-state index contributed by atoms with van der Waals surface area (Å²) in [7, 11) is 0. The summed E-state index contributed by atoms with van der Waals surface area (Å²) in [4.78, 5) is 0. The first-order chi connectivity index (χ1) is 9.72. The number of rotatable bonds is 4. The molecule has 0 amide bonds. The number of halogens is 3. The normalized spacial score (nSPS) is 17.7. The van der Waals surface area contributed by atoms with Crippen LogP contribution in [0.3, 0.4) is 0 Å². The van der Waals surface area contributed by atoms with Gasteiger partial charge < -0.3 is 22.1 Å². The fourth-order valence-electron chi connectivity index (χ4n) is 2.09. The Labute approximate surface area is 143 Å². The topological polar surface area (TPSA) is 51.0 Å². The van der Waals surface area contributed by atoms with E-state index >= 15 is 0 Å². The van der Waals surface area contributed by atoms with Gasteiger partial charge in [0.25, 0.3) is 5.22 Å². The highest BCUT2D eigenvalue weighted by Gasteiger charge is 2.22. The van der Waals surface area contributed by atoms with Crippen LogP contribution >= 0.6 is 35.0 Å². The molecule has 21 heavy (non-hydrogen) atoms. The molecule has 1 aliphatic heterocycles. The van der Waals surface area contributed by atoms with Crippen molar-refractivity contribution < 1.29 is 16.8 Å². The Morgan fingerprint density at radius 3 is 2.86 bits per heavy atom. The van der Waals surface area contributed by atoms with E-state index in [0.29, 0.717) is 21.2 Å². The average molecular weight is 366 g/mol. The maximum Gasteiger partial charge on any atom is 0.276 e. The van der Waals surface area contributed by atoms with E-state index in [0.717, 1.165) is 30.7 Å². The Bertz CT molecular complexity index is 602. The molecule has 1 saturated heterocycles. The van der Waals surface area contributed by atoms with Crippen LogP contribution in [0.1, 0.15) is 30.3 Å². The molecular formula is C13H13Cl3N3OS-. The Hall–Kier alpha value is -0.460. The van der Waals surface area contributed by atoms with Gasteiger partial charge in [0.2, 0.25) is 5.89 Å². The van der Waals surface area contributed by atoms with Crippen LogP contribution in [0.5, 0.6) is 0 Å². The second kappa shape index (κ2) is 7.70. The van der Waals surface area contributed by atoms with E-state index in [1.807, 2.05) is 12.1 Å². The molecule has 0 unspecified atom stereocenters. The van der Waals surface area contributed by atoms with Gasteiger partial charge in [0.05, 0.1) is 16.1 Å². The number of hydrogen-bond donors (Lipinski definition) is 1. The maximum absolute atomic E-state index is 5.98. The second-order valence-electron chi connectivity index (χ2n) is 4.59. The van der Waals surface area contributed by atoms with Crippen molar-refractivity contribution in [2.45, 2.75) is 29.9 Å². The zero-order valence-electron chi connectivity index (χ0n) is 11.0. The van der Waals surface area contributed by atoms with E-state index < -0.39 is 0 Å². The second-order valence-corrected chi connectivity index (χ2v) is 6.33. The molecule has 1 aliphatic rings. The Morgan fingerprint density at radius 1 is 1.29 bits per heavy atom. The summed E-state index contributed by atoms with van der Waals surface area (Å²) in [5.74, 6) is 1.40. The number of aromatic nitrogens is 2.